The van der Waals surface area contributed by atoms with Gasteiger partial charge in [0.05, 0.1) is 19.9 Å². The fourth-order valence-electron chi connectivity index (χ4n) is 2.55. The van der Waals surface area contributed by atoms with Gasteiger partial charge in [0.15, 0.2) is 17.2 Å². The molecule has 0 spiro atoms. The molecule has 0 radical (unpaired) electrons. The minimum absolute atomic E-state index is 0.409. The zero-order valence-corrected chi connectivity index (χ0v) is 13.7. The van der Waals surface area contributed by atoms with Gasteiger partial charge in [0.1, 0.15) is 5.82 Å². The quantitative estimate of drug-likeness (QED) is 0.604. The first-order valence-corrected chi connectivity index (χ1v) is 7.62. The zero-order valence-electron chi connectivity index (χ0n) is 13.7. The maximum Gasteiger partial charge on any atom is 0.258 e. The number of hydrogen-bond acceptors (Lipinski definition) is 6. The molecule has 4 rings (SSSR count). The van der Waals surface area contributed by atoms with E-state index in [9.17, 15) is 0 Å². The largest absolute Gasteiger partial charge is 0.491 e. The summed E-state index contributed by atoms with van der Waals surface area (Å²) < 4.78 is 14.1. The number of hydrogen-bond donors (Lipinski definition) is 1. The number of methoxy groups -OCH3 is 2. The third-order valence-corrected chi connectivity index (χ3v) is 3.72. The van der Waals surface area contributed by atoms with Crippen molar-refractivity contribution in [2.45, 2.75) is 0 Å². The molecule has 4 aromatic rings. The molecule has 0 aliphatic rings. The SMILES string of the molecule is COc1ccc(Nc2cc(-n3cccc3)nn3ccnc23)nc1OC. The number of aromatic nitrogens is 5. The lowest BCUT2D eigenvalue weighted by Gasteiger charge is -2.12. The minimum atomic E-state index is 0.409. The average molecular weight is 336 g/mol. The summed E-state index contributed by atoms with van der Waals surface area (Å²) in [4.78, 5) is 8.78. The Bertz CT molecular complexity index is 1010. The lowest BCUT2D eigenvalue weighted by atomic mass is 10.3. The van der Waals surface area contributed by atoms with Gasteiger partial charge < -0.3 is 19.4 Å². The van der Waals surface area contributed by atoms with Crippen molar-refractivity contribution in [3.63, 3.8) is 0 Å². The molecular weight excluding hydrogens is 320 g/mol. The predicted octanol–water partition coefficient (Wildman–Crippen LogP) is 2.68. The van der Waals surface area contributed by atoms with Gasteiger partial charge in [-0.25, -0.2) is 9.50 Å². The van der Waals surface area contributed by atoms with Crippen molar-refractivity contribution >= 4 is 17.2 Å². The van der Waals surface area contributed by atoms with Crippen LogP contribution in [-0.4, -0.2) is 38.4 Å². The van der Waals surface area contributed by atoms with Gasteiger partial charge in [0, 0.05) is 30.9 Å². The Morgan fingerprint density at radius 3 is 2.64 bits per heavy atom. The molecule has 0 bridgehead atoms. The van der Waals surface area contributed by atoms with Gasteiger partial charge in [0.25, 0.3) is 5.88 Å². The van der Waals surface area contributed by atoms with E-state index in [0.29, 0.717) is 23.1 Å². The van der Waals surface area contributed by atoms with Crippen LogP contribution in [-0.2, 0) is 0 Å². The van der Waals surface area contributed by atoms with E-state index in [1.54, 1.807) is 37.2 Å². The highest BCUT2D eigenvalue weighted by atomic mass is 16.5. The topological polar surface area (TPSA) is 78.5 Å². The molecule has 0 unspecified atom stereocenters. The van der Waals surface area contributed by atoms with Crippen LogP contribution in [0.5, 0.6) is 11.6 Å². The van der Waals surface area contributed by atoms with Crippen LogP contribution in [0.1, 0.15) is 0 Å². The molecule has 8 heteroatoms. The van der Waals surface area contributed by atoms with Crippen LogP contribution in [0.2, 0.25) is 0 Å². The van der Waals surface area contributed by atoms with E-state index < -0.39 is 0 Å². The molecule has 0 saturated heterocycles. The number of imidazole rings is 1. The Morgan fingerprint density at radius 1 is 1.04 bits per heavy atom. The van der Waals surface area contributed by atoms with E-state index in [1.807, 2.05) is 41.2 Å². The maximum absolute atomic E-state index is 5.26. The second-order valence-electron chi connectivity index (χ2n) is 5.23. The maximum atomic E-state index is 5.26. The summed E-state index contributed by atoms with van der Waals surface area (Å²) in [5, 5.41) is 7.83. The van der Waals surface area contributed by atoms with E-state index in [-0.39, 0.29) is 0 Å². The lowest BCUT2D eigenvalue weighted by Crippen LogP contribution is -2.05. The first kappa shape index (κ1) is 15.0. The Labute approximate surface area is 143 Å². The van der Waals surface area contributed by atoms with Gasteiger partial charge in [-0.3, -0.25) is 0 Å². The number of ether oxygens (including phenoxy) is 2. The highest BCUT2D eigenvalue weighted by molar-refractivity contribution is 5.73. The summed E-state index contributed by atoms with van der Waals surface area (Å²) in [5.41, 5.74) is 1.48. The Morgan fingerprint density at radius 2 is 1.88 bits per heavy atom. The third-order valence-electron chi connectivity index (χ3n) is 3.72. The molecule has 0 atom stereocenters. The number of fused-ring (bicyclic) bond motifs is 1. The van der Waals surface area contributed by atoms with Crippen molar-refractivity contribution < 1.29 is 9.47 Å². The predicted molar refractivity (Wildman–Crippen MR) is 92.9 cm³/mol. The summed E-state index contributed by atoms with van der Waals surface area (Å²) in [6, 6.07) is 9.42. The van der Waals surface area contributed by atoms with Gasteiger partial charge >= 0.3 is 0 Å². The van der Waals surface area contributed by atoms with Crippen molar-refractivity contribution in [3.8, 4) is 17.4 Å². The van der Waals surface area contributed by atoms with E-state index in [4.69, 9.17) is 9.47 Å². The second-order valence-corrected chi connectivity index (χ2v) is 5.23. The molecule has 126 valence electrons. The van der Waals surface area contributed by atoms with Crippen molar-refractivity contribution in [1.29, 1.82) is 0 Å². The number of pyridine rings is 1. The highest BCUT2D eigenvalue weighted by Crippen LogP contribution is 2.28. The summed E-state index contributed by atoms with van der Waals surface area (Å²) in [7, 11) is 3.13. The first-order valence-electron chi connectivity index (χ1n) is 7.62. The summed E-state index contributed by atoms with van der Waals surface area (Å²) in [6.07, 6.45) is 7.37. The molecule has 4 heterocycles. The highest BCUT2D eigenvalue weighted by Gasteiger charge is 2.11. The van der Waals surface area contributed by atoms with Crippen molar-refractivity contribution in [2.75, 3.05) is 19.5 Å². The fraction of sp³-hybridized carbons (Fsp3) is 0.118. The van der Waals surface area contributed by atoms with Crippen molar-refractivity contribution in [2.24, 2.45) is 0 Å². The number of rotatable bonds is 5. The monoisotopic (exact) mass is 336 g/mol. The Balaban J connectivity index is 1.77. The molecule has 25 heavy (non-hydrogen) atoms. The van der Waals surface area contributed by atoms with Gasteiger partial charge in [-0.1, -0.05) is 0 Å². The van der Waals surface area contributed by atoms with Gasteiger partial charge in [-0.05, 0) is 24.3 Å². The Kier molecular flexibility index (Phi) is 3.70. The third kappa shape index (κ3) is 2.74. The van der Waals surface area contributed by atoms with Crippen LogP contribution in [0.4, 0.5) is 11.5 Å². The molecule has 0 saturated carbocycles. The van der Waals surface area contributed by atoms with E-state index in [1.165, 1.54) is 0 Å². The normalized spacial score (nSPS) is 10.8. The van der Waals surface area contributed by atoms with E-state index >= 15 is 0 Å². The molecule has 1 N–H and O–H groups in total. The molecule has 4 aromatic heterocycles. The molecule has 0 aliphatic heterocycles. The van der Waals surface area contributed by atoms with Crippen LogP contribution >= 0.6 is 0 Å². The standard InChI is InChI=1S/C17H16N6O2/c1-24-13-5-6-14(20-17(13)25-2)19-12-11-15(22-8-3-4-9-22)21-23-10-7-18-16(12)23/h3-11H,1-2H3,(H,19,20). The molecular formula is C17H16N6O2. The van der Waals surface area contributed by atoms with Crippen LogP contribution in [0.3, 0.4) is 0 Å². The summed E-state index contributed by atoms with van der Waals surface area (Å²) in [5.74, 6) is 2.36. The van der Waals surface area contributed by atoms with Crippen LogP contribution < -0.4 is 14.8 Å². The van der Waals surface area contributed by atoms with Gasteiger partial charge in [-0.2, -0.15) is 4.98 Å². The van der Waals surface area contributed by atoms with Crippen LogP contribution in [0, 0.1) is 0 Å². The summed E-state index contributed by atoms with van der Waals surface area (Å²) >= 11 is 0. The smallest absolute Gasteiger partial charge is 0.258 e. The second kappa shape index (κ2) is 6.16. The lowest BCUT2D eigenvalue weighted by molar-refractivity contribution is 0.343. The molecule has 0 aromatic carbocycles. The molecule has 0 fully saturated rings. The van der Waals surface area contributed by atoms with Crippen molar-refractivity contribution in [1.82, 2.24) is 24.1 Å². The minimum Gasteiger partial charge on any atom is -0.491 e. The first-order chi connectivity index (χ1) is 12.3. The molecule has 0 aliphatic carbocycles. The van der Waals surface area contributed by atoms with Crippen LogP contribution in [0.25, 0.3) is 11.5 Å². The Hall–Kier alpha value is -3.55. The number of nitrogens with one attached hydrogen (secondary N) is 1. The van der Waals surface area contributed by atoms with Gasteiger partial charge in [-0.15, -0.1) is 5.10 Å². The zero-order chi connectivity index (χ0) is 17.2. The van der Waals surface area contributed by atoms with E-state index in [0.717, 1.165) is 11.5 Å². The molecule has 8 nitrogen and oxygen atoms in total. The fourth-order valence-corrected chi connectivity index (χ4v) is 2.55. The molecule has 0 amide bonds. The van der Waals surface area contributed by atoms with Crippen molar-refractivity contribution in [3.05, 3.63) is 55.1 Å². The average Bonchev–Trinajstić information content (AvgIpc) is 3.33. The number of nitrogens with zero attached hydrogens (tertiary/aromatic N) is 5. The summed E-state index contributed by atoms with van der Waals surface area (Å²) in [6.45, 7) is 0. The van der Waals surface area contributed by atoms with E-state index in [2.05, 4.69) is 20.4 Å². The van der Waals surface area contributed by atoms with Crippen LogP contribution in [0.15, 0.2) is 55.1 Å². The number of anilines is 2. The van der Waals surface area contributed by atoms with Gasteiger partial charge in [0.2, 0.25) is 0 Å².